The number of carbonyl (C=O) groups excluding carboxylic acids is 2. The van der Waals surface area contributed by atoms with Gasteiger partial charge >= 0.3 is 5.97 Å². The van der Waals surface area contributed by atoms with Gasteiger partial charge in [0.25, 0.3) is 5.91 Å². The minimum absolute atomic E-state index is 0.133. The quantitative estimate of drug-likeness (QED) is 0.623. The Bertz CT molecular complexity index is 982. The Morgan fingerprint density at radius 3 is 2.57 bits per heavy atom. The van der Waals surface area contributed by atoms with Gasteiger partial charge in [0.2, 0.25) is 0 Å². The van der Waals surface area contributed by atoms with Crippen LogP contribution in [0.3, 0.4) is 0 Å². The number of benzene rings is 2. The molecule has 1 atom stereocenters. The van der Waals surface area contributed by atoms with Crippen LogP contribution >= 0.6 is 11.3 Å². The van der Waals surface area contributed by atoms with E-state index >= 15 is 0 Å². The maximum atomic E-state index is 12.3. The van der Waals surface area contributed by atoms with Crippen LogP contribution in [0.5, 0.6) is 0 Å². The van der Waals surface area contributed by atoms with E-state index in [1.54, 1.807) is 6.92 Å². The highest BCUT2D eigenvalue weighted by atomic mass is 32.1. The number of rotatable bonds is 6. The van der Waals surface area contributed by atoms with Crippen LogP contribution in [0.1, 0.15) is 23.6 Å². The van der Waals surface area contributed by atoms with Gasteiger partial charge in [0, 0.05) is 10.9 Å². The molecule has 3 aromatic rings. The van der Waals surface area contributed by atoms with E-state index in [0.29, 0.717) is 5.13 Å². The van der Waals surface area contributed by atoms with Crippen molar-refractivity contribution in [2.24, 2.45) is 0 Å². The molecule has 5 nitrogen and oxygen atoms in total. The number of hydrogen-bond donors (Lipinski definition) is 1. The molecule has 0 spiro atoms. The van der Waals surface area contributed by atoms with E-state index in [0.717, 1.165) is 22.4 Å². The largest absolute Gasteiger partial charge is 0.452 e. The van der Waals surface area contributed by atoms with E-state index in [4.69, 9.17) is 4.74 Å². The molecule has 6 heteroatoms. The van der Waals surface area contributed by atoms with Crippen LogP contribution in [0.4, 0.5) is 5.13 Å². The first kappa shape index (κ1) is 19.8. The minimum Gasteiger partial charge on any atom is -0.452 e. The van der Waals surface area contributed by atoms with Crippen molar-refractivity contribution in [3.63, 3.8) is 0 Å². The number of thiazole rings is 1. The van der Waals surface area contributed by atoms with Crippen molar-refractivity contribution in [1.29, 1.82) is 0 Å². The molecule has 3 rings (SSSR count). The fourth-order valence-electron chi connectivity index (χ4n) is 2.65. The molecule has 0 fully saturated rings. The van der Waals surface area contributed by atoms with Gasteiger partial charge in [-0.2, -0.15) is 0 Å². The fraction of sp³-hybridized carbons (Fsp3) is 0.227. The lowest BCUT2D eigenvalue weighted by Gasteiger charge is -2.12. The lowest BCUT2D eigenvalue weighted by molar-refractivity contribution is -0.152. The second kappa shape index (κ2) is 8.80. The Kier molecular flexibility index (Phi) is 6.21. The van der Waals surface area contributed by atoms with Gasteiger partial charge in [-0.25, -0.2) is 4.98 Å². The van der Waals surface area contributed by atoms with Crippen molar-refractivity contribution >= 4 is 28.3 Å². The van der Waals surface area contributed by atoms with E-state index in [9.17, 15) is 9.59 Å². The first-order valence-corrected chi connectivity index (χ1v) is 9.88. The number of carbonyl (C=O) groups is 2. The summed E-state index contributed by atoms with van der Waals surface area (Å²) in [7, 11) is 0. The number of aromatic nitrogens is 1. The summed E-state index contributed by atoms with van der Waals surface area (Å²) < 4.78 is 5.28. The van der Waals surface area contributed by atoms with Crippen LogP contribution in [-0.4, -0.2) is 23.0 Å². The monoisotopic (exact) mass is 394 g/mol. The minimum atomic E-state index is -0.900. The van der Waals surface area contributed by atoms with Gasteiger partial charge in [-0.1, -0.05) is 48.5 Å². The van der Waals surface area contributed by atoms with Crippen molar-refractivity contribution in [2.45, 2.75) is 33.3 Å². The van der Waals surface area contributed by atoms with E-state index in [1.165, 1.54) is 16.9 Å². The van der Waals surface area contributed by atoms with Crippen molar-refractivity contribution in [2.75, 3.05) is 5.32 Å². The molecule has 1 heterocycles. The van der Waals surface area contributed by atoms with E-state index in [1.807, 2.05) is 67.8 Å². The molecule has 0 bridgehead atoms. The third-order valence-electron chi connectivity index (χ3n) is 4.40. The zero-order valence-corrected chi connectivity index (χ0v) is 16.9. The van der Waals surface area contributed by atoms with Gasteiger partial charge in [0.15, 0.2) is 11.2 Å². The van der Waals surface area contributed by atoms with Crippen LogP contribution in [0.15, 0.2) is 53.9 Å². The molecule has 1 aromatic heterocycles. The molecule has 0 aliphatic heterocycles. The molecule has 1 amide bonds. The van der Waals surface area contributed by atoms with Gasteiger partial charge in [0.1, 0.15) is 0 Å². The summed E-state index contributed by atoms with van der Waals surface area (Å²) in [5.41, 5.74) is 4.93. The van der Waals surface area contributed by atoms with Crippen LogP contribution in [0.2, 0.25) is 0 Å². The molecule has 0 unspecified atom stereocenters. The summed E-state index contributed by atoms with van der Waals surface area (Å²) in [6.45, 7) is 5.57. The normalized spacial score (nSPS) is 11.7. The molecule has 0 radical (unpaired) electrons. The van der Waals surface area contributed by atoms with Crippen LogP contribution in [-0.2, 0) is 20.7 Å². The van der Waals surface area contributed by atoms with Crippen molar-refractivity contribution in [1.82, 2.24) is 4.98 Å². The zero-order chi connectivity index (χ0) is 20.1. The first-order valence-electron chi connectivity index (χ1n) is 9.00. The second-order valence-corrected chi connectivity index (χ2v) is 7.48. The average molecular weight is 394 g/mol. The summed E-state index contributed by atoms with van der Waals surface area (Å²) in [6, 6.07) is 15.5. The third-order valence-corrected chi connectivity index (χ3v) is 5.16. The maximum absolute atomic E-state index is 12.3. The first-order chi connectivity index (χ1) is 13.4. The highest BCUT2D eigenvalue weighted by Gasteiger charge is 2.19. The van der Waals surface area contributed by atoms with Gasteiger partial charge in [-0.3, -0.25) is 14.9 Å². The van der Waals surface area contributed by atoms with Crippen LogP contribution in [0, 0.1) is 13.8 Å². The molecule has 0 saturated carbocycles. The molecule has 0 aliphatic carbocycles. The Morgan fingerprint density at radius 1 is 1.11 bits per heavy atom. The number of aryl methyl sites for hydroxylation is 2. The Hall–Kier alpha value is -2.99. The maximum Gasteiger partial charge on any atom is 0.311 e. The predicted molar refractivity (Wildman–Crippen MR) is 111 cm³/mol. The summed E-state index contributed by atoms with van der Waals surface area (Å²) in [6.07, 6.45) is -0.767. The molecule has 1 N–H and O–H groups in total. The third kappa shape index (κ3) is 5.04. The van der Waals surface area contributed by atoms with Gasteiger partial charge in [0.05, 0.1) is 12.1 Å². The molecule has 144 valence electrons. The van der Waals surface area contributed by atoms with Gasteiger partial charge in [-0.05, 0) is 37.5 Å². The summed E-state index contributed by atoms with van der Waals surface area (Å²) in [5.74, 6) is -0.836. The SMILES string of the molecule is Cc1ccc(CC(=O)O[C@H](C)C(=O)Nc2nc(-c3ccccc3)cs2)cc1C. The molecular weight excluding hydrogens is 372 g/mol. The standard InChI is InChI=1S/C22H22N2O3S/c1-14-9-10-17(11-15(14)2)12-20(25)27-16(3)21(26)24-22-23-19(13-28-22)18-7-5-4-6-8-18/h4-11,13,16H,12H2,1-3H3,(H,23,24,26)/t16-/m1/s1. The number of amides is 1. The Balaban J connectivity index is 1.55. The Morgan fingerprint density at radius 2 is 1.86 bits per heavy atom. The number of nitrogens with one attached hydrogen (secondary N) is 1. The number of nitrogens with zero attached hydrogens (tertiary/aromatic N) is 1. The van der Waals surface area contributed by atoms with E-state index in [2.05, 4.69) is 10.3 Å². The highest BCUT2D eigenvalue weighted by molar-refractivity contribution is 7.14. The molecular formula is C22H22N2O3S. The number of hydrogen-bond acceptors (Lipinski definition) is 5. The summed E-state index contributed by atoms with van der Waals surface area (Å²) in [4.78, 5) is 28.9. The Labute approximate surface area is 168 Å². The molecule has 28 heavy (non-hydrogen) atoms. The number of ether oxygens (including phenoxy) is 1. The molecule has 0 aliphatic rings. The van der Waals surface area contributed by atoms with Gasteiger partial charge < -0.3 is 4.74 Å². The average Bonchev–Trinajstić information content (AvgIpc) is 3.14. The second-order valence-electron chi connectivity index (χ2n) is 6.62. The van der Waals surface area contributed by atoms with E-state index in [-0.39, 0.29) is 6.42 Å². The zero-order valence-electron chi connectivity index (χ0n) is 16.1. The topological polar surface area (TPSA) is 68.3 Å². The summed E-state index contributed by atoms with van der Waals surface area (Å²) in [5, 5.41) is 5.06. The number of esters is 1. The highest BCUT2D eigenvalue weighted by Crippen LogP contribution is 2.24. The predicted octanol–water partition coefficient (Wildman–Crippen LogP) is 4.54. The summed E-state index contributed by atoms with van der Waals surface area (Å²) >= 11 is 1.33. The van der Waals surface area contributed by atoms with Crippen LogP contribution in [0.25, 0.3) is 11.3 Å². The van der Waals surface area contributed by atoms with Crippen molar-refractivity contribution in [3.8, 4) is 11.3 Å². The molecule has 2 aromatic carbocycles. The van der Waals surface area contributed by atoms with Crippen molar-refractivity contribution < 1.29 is 14.3 Å². The molecule has 0 saturated heterocycles. The van der Waals surface area contributed by atoms with Crippen molar-refractivity contribution in [3.05, 3.63) is 70.6 Å². The lowest BCUT2D eigenvalue weighted by atomic mass is 10.0. The lowest BCUT2D eigenvalue weighted by Crippen LogP contribution is -2.30. The van der Waals surface area contributed by atoms with Crippen LogP contribution < -0.4 is 5.32 Å². The number of anilines is 1. The van der Waals surface area contributed by atoms with E-state index < -0.39 is 18.0 Å². The smallest absolute Gasteiger partial charge is 0.311 e. The van der Waals surface area contributed by atoms with Gasteiger partial charge in [-0.15, -0.1) is 11.3 Å². The fourth-order valence-corrected chi connectivity index (χ4v) is 3.37.